The Kier molecular flexibility index (Phi) is 6.11. The van der Waals surface area contributed by atoms with Gasteiger partial charge < -0.3 is 9.80 Å². The summed E-state index contributed by atoms with van der Waals surface area (Å²) >= 11 is 1.18. The van der Waals surface area contributed by atoms with Crippen molar-refractivity contribution >= 4 is 29.1 Å². The van der Waals surface area contributed by atoms with Crippen LogP contribution in [-0.2, 0) is 4.79 Å². The number of amides is 1. The number of rotatable bonds is 5. The molecule has 1 heterocycles. The number of hydrogen-bond donors (Lipinski definition) is 0. The van der Waals surface area contributed by atoms with E-state index in [1.165, 1.54) is 30.8 Å². The first-order valence-electron chi connectivity index (χ1n) is 8.66. The van der Waals surface area contributed by atoms with E-state index < -0.39 is 5.82 Å². The summed E-state index contributed by atoms with van der Waals surface area (Å²) in [4.78, 5) is 27.7. The van der Waals surface area contributed by atoms with Gasteiger partial charge in [0.25, 0.3) is 0 Å². The highest BCUT2D eigenvalue weighted by Crippen LogP contribution is 2.24. The van der Waals surface area contributed by atoms with Crippen LogP contribution < -0.4 is 4.90 Å². The maximum atomic E-state index is 14.3. The number of anilines is 1. The zero-order valence-corrected chi connectivity index (χ0v) is 15.8. The third kappa shape index (κ3) is 4.66. The Labute approximate surface area is 161 Å². The number of thioether (sulfide) groups is 1. The van der Waals surface area contributed by atoms with Gasteiger partial charge in [-0.05, 0) is 37.3 Å². The van der Waals surface area contributed by atoms with Crippen LogP contribution in [0.4, 0.5) is 14.5 Å². The lowest BCUT2D eigenvalue weighted by atomic mass is 10.1. The highest BCUT2D eigenvalue weighted by atomic mass is 32.2. The molecule has 4 nitrogen and oxygen atoms in total. The summed E-state index contributed by atoms with van der Waals surface area (Å²) in [7, 11) is 0. The molecule has 7 heteroatoms. The minimum Gasteiger partial charge on any atom is -0.366 e. The van der Waals surface area contributed by atoms with Gasteiger partial charge in [0.2, 0.25) is 5.91 Å². The number of nitrogens with zero attached hydrogens (tertiary/aromatic N) is 2. The summed E-state index contributed by atoms with van der Waals surface area (Å²) in [5.41, 5.74) is 0.781. The van der Waals surface area contributed by atoms with E-state index in [-0.39, 0.29) is 23.3 Å². The Bertz CT molecular complexity index is 852. The van der Waals surface area contributed by atoms with E-state index in [1.807, 2.05) is 4.90 Å². The molecule has 1 aliphatic rings. The molecule has 0 radical (unpaired) electrons. The number of carbonyl (C=O) groups is 2. The second kappa shape index (κ2) is 8.52. The Morgan fingerprint density at radius 1 is 1.00 bits per heavy atom. The molecule has 0 unspecified atom stereocenters. The molecular weight excluding hydrogens is 370 g/mol. The van der Waals surface area contributed by atoms with Crippen molar-refractivity contribution in [2.45, 2.75) is 11.8 Å². The molecule has 0 aliphatic carbocycles. The Hall–Kier alpha value is -2.41. The number of carbonyl (C=O) groups excluding carboxylic acids is 2. The van der Waals surface area contributed by atoms with Crippen LogP contribution in [0.15, 0.2) is 47.4 Å². The van der Waals surface area contributed by atoms with Gasteiger partial charge in [-0.1, -0.05) is 12.1 Å². The molecule has 1 fully saturated rings. The second-order valence-corrected chi connectivity index (χ2v) is 7.33. The molecule has 1 aliphatic heterocycles. The Morgan fingerprint density at radius 2 is 1.70 bits per heavy atom. The molecule has 2 aromatic carbocycles. The van der Waals surface area contributed by atoms with Crippen molar-refractivity contribution in [3.8, 4) is 0 Å². The van der Waals surface area contributed by atoms with Crippen LogP contribution in [0.5, 0.6) is 0 Å². The molecule has 3 rings (SSSR count). The first-order valence-corrected chi connectivity index (χ1v) is 9.65. The predicted molar refractivity (Wildman–Crippen MR) is 102 cm³/mol. The number of halogens is 2. The van der Waals surface area contributed by atoms with Gasteiger partial charge in [0.15, 0.2) is 5.78 Å². The van der Waals surface area contributed by atoms with Crippen LogP contribution in [-0.4, -0.2) is 48.5 Å². The smallest absolute Gasteiger partial charge is 0.233 e. The monoisotopic (exact) mass is 390 g/mol. The van der Waals surface area contributed by atoms with Crippen LogP contribution in [0, 0.1) is 11.6 Å². The van der Waals surface area contributed by atoms with Crippen LogP contribution in [0.1, 0.15) is 17.3 Å². The van der Waals surface area contributed by atoms with Gasteiger partial charge in [-0.15, -0.1) is 11.8 Å². The molecule has 27 heavy (non-hydrogen) atoms. The first kappa shape index (κ1) is 19.4. The van der Waals surface area contributed by atoms with E-state index in [4.69, 9.17) is 0 Å². The van der Waals surface area contributed by atoms with Gasteiger partial charge in [-0.25, -0.2) is 8.78 Å². The standard InChI is InChI=1S/C20H20F2N2O2S/c1-14(25)15-6-7-18(17(22)12-15)23-8-10-24(11-9-23)20(26)13-27-19-5-3-2-4-16(19)21/h2-7,12H,8-11,13H2,1H3. The molecule has 1 amide bonds. The summed E-state index contributed by atoms with van der Waals surface area (Å²) in [5, 5.41) is 0. The minimum atomic E-state index is -0.433. The topological polar surface area (TPSA) is 40.6 Å². The molecule has 142 valence electrons. The van der Waals surface area contributed by atoms with Crippen molar-refractivity contribution in [2.75, 3.05) is 36.8 Å². The number of hydrogen-bond acceptors (Lipinski definition) is 4. The molecule has 0 spiro atoms. The number of benzene rings is 2. The van der Waals surface area contributed by atoms with Crippen LogP contribution in [0.2, 0.25) is 0 Å². The van der Waals surface area contributed by atoms with Crippen LogP contribution in [0.3, 0.4) is 0 Å². The first-order chi connectivity index (χ1) is 13.0. The van der Waals surface area contributed by atoms with Crippen molar-refractivity contribution in [3.63, 3.8) is 0 Å². The van der Waals surface area contributed by atoms with Gasteiger partial charge in [0, 0.05) is 36.6 Å². The van der Waals surface area contributed by atoms with Crippen molar-refractivity contribution < 1.29 is 18.4 Å². The SMILES string of the molecule is CC(=O)c1ccc(N2CCN(C(=O)CSc3ccccc3F)CC2)c(F)c1. The average molecular weight is 390 g/mol. The average Bonchev–Trinajstić information content (AvgIpc) is 2.67. The lowest BCUT2D eigenvalue weighted by Crippen LogP contribution is -2.49. The fourth-order valence-electron chi connectivity index (χ4n) is 2.97. The van der Waals surface area contributed by atoms with Crippen LogP contribution >= 0.6 is 11.8 Å². The molecule has 0 bridgehead atoms. The zero-order chi connectivity index (χ0) is 19.4. The van der Waals surface area contributed by atoms with E-state index in [0.717, 1.165) is 0 Å². The van der Waals surface area contributed by atoms with E-state index in [2.05, 4.69) is 0 Å². The number of Topliss-reactive ketones (excluding diaryl/α,β-unsaturated/α-hetero) is 1. The van der Waals surface area contributed by atoms with E-state index in [1.54, 1.807) is 35.2 Å². The highest BCUT2D eigenvalue weighted by molar-refractivity contribution is 8.00. The van der Waals surface area contributed by atoms with E-state index in [0.29, 0.717) is 42.3 Å². The quantitative estimate of drug-likeness (QED) is 0.578. The summed E-state index contributed by atoms with van der Waals surface area (Å²) in [6, 6.07) is 10.8. The molecule has 0 aromatic heterocycles. The summed E-state index contributed by atoms with van der Waals surface area (Å²) < 4.78 is 27.9. The fraction of sp³-hybridized carbons (Fsp3) is 0.300. The van der Waals surface area contributed by atoms with E-state index in [9.17, 15) is 18.4 Å². The minimum absolute atomic E-state index is 0.0599. The van der Waals surface area contributed by atoms with Gasteiger partial charge in [-0.3, -0.25) is 9.59 Å². The fourth-order valence-corrected chi connectivity index (χ4v) is 3.81. The zero-order valence-electron chi connectivity index (χ0n) is 15.0. The summed E-state index contributed by atoms with van der Waals surface area (Å²) in [6.07, 6.45) is 0. The van der Waals surface area contributed by atoms with Gasteiger partial charge in [0.05, 0.1) is 11.4 Å². The lowest BCUT2D eigenvalue weighted by molar-refractivity contribution is -0.128. The number of piperazine rings is 1. The maximum Gasteiger partial charge on any atom is 0.233 e. The van der Waals surface area contributed by atoms with Crippen molar-refractivity contribution in [2.24, 2.45) is 0 Å². The molecule has 1 saturated heterocycles. The van der Waals surface area contributed by atoms with Crippen molar-refractivity contribution in [1.82, 2.24) is 4.90 Å². The molecule has 0 atom stereocenters. The van der Waals surface area contributed by atoms with Gasteiger partial charge in [0.1, 0.15) is 11.6 Å². The third-order valence-corrected chi connectivity index (χ3v) is 5.55. The Morgan fingerprint density at radius 3 is 2.33 bits per heavy atom. The third-order valence-electron chi connectivity index (χ3n) is 4.52. The van der Waals surface area contributed by atoms with Gasteiger partial charge in [-0.2, -0.15) is 0 Å². The lowest BCUT2D eigenvalue weighted by Gasteiger charge is -2.36. The molecule has 0 N–H and O–H groups in total. The van der Waals surface area contributed by atoms with Crippen LogP contribution in [0.25, 0.3) is 0 Å². The second-order valence-electron chi connectivity index (χ2n) is 6.31. The maximum absolute atomic E-state index is 14.3. The number of ketones is 1. The highest BCUT2D eigenvalue weighted by Gasteiger charge is 2.23. The normalized spacial score (nSPS) is 14.3. The van der Waals surface area contributed by atoms with Crippen molar-refractivity contribution in [3.05, 3.63) is 59.7 Å². The summed E-state index contributed by atoms with van der Waals surface area (Å²) in [5.74, 6) is -0.830. The largest absolute Gasteiger partial charge is 0.366 e. The summed E-state index contributed by atoms with van der Waals surface area (Å²) in [6.45, 7) is 3.37. The predicted octanol–water partition coefficient (Wildman–Crippen LogP) is 3.61. The van der Waals surface area contributed by atoms with E-state index >= 15 is 0 Å². The van der Waals surface area contributed by atoms with Gasteiger partial charge >= 0.3 is 0 Å². The Balaban J connectivity index is 1.55. The molecule has 2 aromatic rings. The molecule has 0 saturated carbocycles. The molecular formula is C20H20F2N2O2S. The van der Waals surface area contributed by atoms with Crippen molar-refractivity contribution in [1.29, 1.82) is 0 Å².